The van der Waals surface area contributed by atoms with E-state index in [4.69, 9.17) is 14.6 Å². The van der Waals surface area contributed by atoms with E-state index in [1.165, 1.54) is 0 Å². The number of hydrogen-bond donors (Lipinski definition) is 1. The lowest BCUT2D eigenvalue weighted by Crippen LogP contribution is -2.09. The van der Waals surface area contributed by atoms with Crippen LogP contribution in [-0.4, -0.2) is 39.7 Å². The second kappa shape index (κ2) is 8.04. The average Bonchev–Trinajstić information content (AvgIpc) is 3.44. The Morgan fingerprint density at radius 3 is 2.81 bits per heavy atom. The summed E-state index contributed by atoms with van der Waals surface area (Å²) in [6.45, 7) is 4.19. The quantitative estimate of drug-likeness (QED) is 0.783. The first-order chi connectivity index (χ1) is 13.0. The van der Waals surface area contributed by atoms with Crippen molar-refractivity contribution < 1.29 is 19.4 Å². The Bertz CT molecular complexity index is 900. The monoisotopic (exact) mass is 367 g/mol. The third kappa shape index (κ3) is 4.53. The summed E-state index contributed by atoms with van der Waals surface area (Å²) in [6.07, 6.45) is 3.32. The minimum Gasteiger partial charge on any atom is -0.495 e. The van der Waals surface area contributed by atoms with Crippen LogP contribution in [0.25, 0.3) is 0 Å². The highest BCUT2D eigenvalue weighted by atomic mass is 16.5. The molecular formula is C20H21N3O4. The molecule has 1 N–H and O–H groups in total. The standard InChI is InChI=1S/C20H21N3O4/c1-4-17-15(6-8-19(24)25)20(23-12(2)22-17)27-11-13-9-16(13)18-7-5-14(26-3)10-21-18/h5,7,10,13,16H,4,9,11H2,1-3H3,(H,24,25)/t13-,16+/m1/s1. The summed E-state index contributed by atoms with van der Waals surface area (Å²) in [5.41, 5.74) is 2.16. The molecule has 7 nitrogen and oxygen atoms in total. The molecule has 0 aromatic carbocycles. The minimum atomic E-state index is -1.20. The van der Waals surface area contributed by atoms with Crippen molar-refractivity contribution in [3.8, 4) is 23.5 Å². The van der Waals surface area contributed by atoms with Gasteiger partial charge in [-0.15, -0.1) is 0 Å². The fourth-order valence-corrected chi connectivity index (χ4v) is 2.92. The molecule has 7 heteroatoms. The van der Waals surface area contributed by atoms with Crippen LogP contribution in [0.5, 0.6) is 11.6 Å². The third-order valence-corrected chi connectivity index (χ3v) is 4.42. The normalized spacial score (nSPS) is 17.6. The molecule has 2 aromatic heterocycles. The van der Waals surface area contributed by atoms with E-state index in [1.54, 1.807) is 20.2 Å². The molecule has 0 spiro atoms. The molecule has 0 saturated heterocycles. The molecule has 3 rings (SSSR count). The summed E-state index contributed by atoms with van der Waals surface area (Å²) in [6, 6.07) is 3.87. The molecule has 0 radical (unpaired) electrons. The van der Waals surface area contributed by atoms with E-state index < -0.39 is 5.97 Å². The van der Waals surface area contributed by atoms with Gasteiger partial charge in [-0.25, -0.2) is 9.78 Å². The molecule has 140 valence electrons. The Kier molecular flexibility index (Phi) is 5.55. The lowest BCUT2D eigenvalue weighted by molar-refractivity contribution is -0.130. The number of pyridine rings is 1. The van der Waals surface area contributed by atoms with Gasteiger partial charge >= 0.3 is 5.97 Å². The summed E-state index contributed by atoms with van der Waals surface area (Å²) in [5.74, 6) is 5.91. The first-order valence-corrected chi connectivity index (χ1v) is 8.77. The average molecular weight is 367 g/mol. The second-order valence-electron chi connectivity index (χ2n) is 6.34. The molecule has 0 unspecified atom stereocenters. The van der Waals surface area contributed by atoms with Crippen LogP contribution in [-0.2, 0) is 11.2 Å². The zero-order valence-electron chi connectivity index (χ0n) is 15.5. The Balaban J connectivity index is 1.72. The van der Waals surface area contributed by atoms with Gasteiger partial charge < -0.3 is 14.6 Å². The number of hydrogen-bond acceptors (Lipinski definition) is 6. The molecule has 2 aromatic rings. The van der Waals surface area contributed by atoms with Crippen molar-refractivity contribution in [3.63, 3.8) is 0 Å². The van der Waals surface area contributed by atoms with Crippen LogP contribution in [0.15, 0.2) is 18.3 Å². The van der Waals surface area contributed by atoms with Crippen molar-refractivity contribution in [2.45, 2.75) is 32.6 Å². The fraction of sp³-hybridized carbons (Fsp3) is 0.400. The van der Waals surface area contributed by atoms with Crippen LogP contribution < -0.4 is 9.47 Å². The maximum atomic E-state index is 10.8. The number of ether oxygens (including phenoxy) is 2. The first-order valence-electron chi connectivity index (χ1n) is 8.77. The topological polar surface area (TPSA) is 94.4 Å². The summed E-state index contributed by atoms with van der Waals surface area (Å²) in [4.78, 5) is 23.9. The highest BCUT2D eigenvalue weighted by Gasteiger charge is 2.40. The summed E-state index contributed by atoms with van der Waals surface area (Å²) < 4.78 is 11.0. The Hall–Kier alpha value is -3.14. The van der Waals surface area contributed by atoms with Crippen LogP contribution in [0.4, 0.5) is 0 Å². The Morgan fingerprint density at radius 2 is 2.19 bits per heavy atom. The maximum Gasteiger partial charge on any atom is 0.382 e. The number of aromatic nitrogens is 3. The number of aryl methyl sites for hydroxylation is 2. The van der Waals surface area contributed by atoms with Gasteiger partial charge in [0.25, 0.3) is 0 Å². The molecule has 0 aliphatic heterocycles. The number of carboxylic acids is 1. The van der Waals surface area contributed by atoms with Gasteiger partial charge in [0.15, 0.2) is 0 Å². The second-order valence-corrected chi connectivity index (χ2v) is 6.34. The highest BCUT2D eigenvalue weighted by Crippen LogP contribution is 2.47. The number of rotatable bonds is 6. The lowest BCUT2D eigenvalue weighted by Gasteiger charge is -2.11. The maximum absolute atomic E-state index is 10.8. The van der Waals surface area contributed by atoms with Gasteiger partial charge in [-0.2, -0.15) is 4.98 Å². The van der Waals surface area contributed by atoms with E-state index in [1.807, 2.05) is 19.1 Å². The van der Waals surface area contributed by atoms with Crippen LogP contribution in [0, 0.1) is 24.7 Å². The Labute approximate surface area is 157 Å². The van der Waals surface area contributed by atoms with Crippen molar-refractivity contribution in [1.82, 2.24) is 15.0 Å². The zero-order valence-corrected chi connectivity index (χ0v) is 15.5. The molecule has 2 heterocycles. The predicted octanol–water partition coefficient (Wildman–Crippen LogP) is 2.37. The van der Waals surface area contributed by atoms with E-state index in [9.17, 15) is 4.79 Å². The minimum absolute atomic E-state index is 0.339. The van der Waals surface area contributed by atoms with E-state index in [-0.39, 0.29) is 0 Å². The summed E-state index contributed by atoms with van der Waals surface area (Å²) in [7, 11) is 1.61. The molecule has 27 heavy (non-hydrogen) atoms. The van der Waals surface area contributed by atoms with Gasteiger partial charge in [0.2, 0.25) is 5.88 Å². The van der Waals surface area contributed by atoms with Crippen molar-refractivity contribution in [2.75, 3.05) is 13.7 Å². The SMILES string of the molecule is CCc1nc(C)nc(OC[C@H]2C[C@@H]2c2ccc(OC)cn2)c1C#CC(=O)O. The number of nitrogens with zero attached hydrogens (tertiary/aromatic N) is 3. The van der Waals surface area contributed by atoms with Crippen LogP contribution in [0.3, 0.4) is 0 Å². The van der Waals surface area contributed by atoms with Gasteiger partial charge in [0.05, 0.1) is 25.6 Å². The van der Waals surface area contributed by atoms with Gasteiger partial charge in [0.1, 0.15) is 17.1 Å². The number of methoxy groups -OCH3 is 1. The summed E-state index contributed by atoms with van der Waals surface area (Å²) >= 11 is 0. The van der Waals surface area contributed by atoms with E-state index in [0.717, 1.165) is 17.9 Å². The third-order valence-electron chi connectivity index (χ3n) is 4.42. The number of carboxylic acid groups (broad SMARTS) is 1. The van der Waals surface area contributed by atoms with Crippen LogP contribution >= 0.6 is 0 Å². The molecule has 0 amide bonds. The fourth-order valence-electron chi connectivity index (χ4n) is 2.92. The molecule has 1 fully saturated rings. The van der Waals surface area contributed by atoms with Crippen molar-refractivity contribution in [2.24, 2.45) is 5.92 Å². The highest BCUT2D eigenvalue weighted by molar-refractivity contribution is 5.87. The van der Waals surface area contributed by atoms with E-state index in [0.29, 0.717) is 47.8 Å². The van der Waals surface area contributed by atoms with Gasteiger partial charge in [-0.3, -0.25) is 4.98 Å². The predicted molar refractivity (Wildman–Crippen MR) is 97.8 cm³/mol. The molecule has 1 aliphatic rings. The zero-order chi connectivity index (χ0) is 19.4. The van der Waals surface area contributed by atoms with Gasteiger partial charge in [0, 0.05) is 23.5 Å². The molecule has 0 bridgehead atoms. The first kappa shape index (κ1) is 18.6. The van der Waals surface area contributed by atoms with E-state index in [2.05, 4.69) is 26.8 Å². The molecule has 1 saturated carbocycles. The van der Waals surface area contributed by atoms with Crippen LogP contribution in [0.1, 0.15) is 42.0 Å². The number of carbonyl (C=O) groups is 1. The Morgan fingerprint density at radius 1 is 1.37 bits per heavy atom. The smallest absolute Gasteiger partial charge is 0.382 e. The molecular weight excluding hydrogens is 346 g/mol. The largest absolute Gasteiger partial charge is 0.495 e. The van der Waals surface area contributed by atoms with Gasteiger partial charge in [-0.1, -0.05) is 6.92 Å². The molecule has 1 aliphatic carbocycles. The van der Waals surface area contributed by atoms with Gasteiger partial charge in [-0.05, 0) is 37.8 Å². The molecule has 2 atom stereocenters. The lowest BCUT2D eigenvalue weighted by atomic mass is 10.1. The van der Waals surface area contributed by atoms with Crippen molar-refractivity contribution in [3.05, 3.63) is 41.1 Å². The van der Waals surface area contributed by atoms with E-state index >= 15 is 0 Å². The van der Waals surface area contributed by atoms with Crippen LogP contribution in [0.2, 0.25) is 0 Å². The number of aliphatic carboxylic acids is 1. The van der Waals surface area contributed by atoms with Crippen molar-refractivity contribution >= 4 is 5.97 Å². The van der Waals surface area contributed by atoms with Crippen molar-refractivity contribution in [1.29, 1.82) is 0 Å². The summed E-state index contributed by atoms with van der Waals surface area (Å²) in [5, 5.41) is 8.84.